The molecule has 9 nitrogen and oxygen atoms in total. The second kappa shape index (κ2) is 11.6. The second-order valence-electron chi connectivity index (χ2n) is 10.4. The van der Waals surface area contributed by atoms with Crippen LogP contribution in [0.15, 0.2) is 71.7 Å². The molecular weight excluding hydrogens is 518 g/mol. The lowest BCUT2D eigenvalue weighted by Gasteiger charge is -2.27. The SMILES string of the molecule is COC(=O)c1ccc2c(C(=Nc3ccc4c(c3)CCN4C(=O)CCN3CCNCC3)c3ccccc3)c(O)[nH]c2c1. The highest BCUT2D eigenvalue weighted by atomic mass is 16.5. The predicted octanol–water partition coefficient (Wildman–Crippen LogP) is 4.01. The van der Waals surface area contributed by atoms with Crippen molar-refractivity contribution in [2.24, 2.45) is 4.99 Å². The number of methoxy groups -OCH3 is 1. The van der Waals surface area contributed by atoms with Crippen molar-refractivity contribution in [3.05, 3.63) is 89.0 Å². The molecule has 2 aliphatic rings. The van der Waals surface area contributed by atoms with Gasteiger partial charge in [0, 0.05) is 67.8 Å². The van der Waals surface area contributed by atoms with Gasteiger partial charge in [0.2, 0.25) is 5.91 Å². The number of H-pyrrole nitrogens is 1. The van der Waals surface area contributed by atoms with Crippen LogP contribution in [0.5, 0.6) is 5.88 Å². The molecule has 41 heavy (non-hydrogen) atoms. The minimum Gasteiger partial charge on any atom is -0.494 e. The third-order valence-electron chi connectivity index (χ3n) is 7.84. The largest absolute Gasteiger partial charge is 0.494 e. The second-order valence-corrected chi connectivity index (χ2v) is 10.4. The van der Waals surface area contributed by atoms with Crippen molar-refractivity contribution in [2.45, 2.75) is 12.8 Å². The van der Waals surface area contributed by atoms with E-state index in [1.54, 1.807) is 18.2 Å². The number of benzene rings is 3. The van der Waals surface area contributed by atoms with Gasteiger partial charge in [-0.3, -0.25) is 4.79 Å². The summed E-state index contributed by atoms with van der Waals surface area (Å²) in [4.78, 5) is 37.4. The van der Waals surface area contributed by atoms with Gasteiger partial charge in [0.25, 0.3) is 0 Å². The number of ether oxygens (including phenoxy) is 1. The maximum Gasteiger partial charge on any atom is 0.337 e. The summed E-state index contributed by atoms with van der Waals surface area (Å²) in [6.07, 6.45) is 1.28. The van der Waals surface area contributed by atoms with Crippen LogP contribution in [0, 0.1) is 0 Å². The van der Waals surface area contributed by atoms with Gasteiger partial charge in [-0.15, -0.1) is 0 Å². The number of nitrogens with one attached hydrogen (secondary N) is 2. The topological polar surface area (TPSA) is 110 Å². The molecule has 3 aromatic carbocycles. The van der Waals surface area contributed by atoms with Crippen molar-refractivity contribution in [2.75, 3.05) is 51.3 Å². The highest BCUT2D eigenvalue weighted by Gasteiger charge is 2.26. The molecule has 0 unspecified atom stereocenters. The van der Waals surface area contributed by atoms with Crippen LogP contribution < -0.4 is 10.2 Å². The minimum absolute atomic E-state index is 0.0352. The molecule has 2 aliphatic heterocycles. The number of amides is 1. The van der Waals surface area contributed by atoms with Gasteiger partial charge in [0.15, 0.2) is 5.88 Å². The van der Waals surface area contributed by atoms with Gasteiger partial charge in [0.1, 0.15) is 0 Å². The fourth-order valence-electron chi connectivity index (χ4n) is 5.70. The van der Waals surface area contributed by atoms with E-state index in [0.717, 1.165) is 67.0 Å². The first-order valence-electron chi connectivity index (χ1n) is 14.0. The van der Waals surface area contributed by atoms with E-state index in [2.05, 4.69) is 15.2 Å². The number of aromatic hydroxyl groups is 1. The summed E-state index contributed by atoms with van der Waals surface area (Å²) in [6.45, 7) is 5.35. The Balaban J connectivity index is 1.32. The lowest BCUT2D eigenvalue weighted by atomic mass is 10.00. The molecule has 0 bridgehead atoms. The van der Waals surface area contributed by atoms with Crippen molar-refractivity contribution >= 4 is 39.9 Å². The summed E-state index contributed by atoms with van der Waals surface area (Å²) < 4.78 is 4.85. The highest BCUT2D eigenvalue weighted by molar-refractivity contribution is 6.22. The van der Waals surface area contributed by atoms with Gasteiger partial charge in [-0.1, -0.05) is 36.4 Å². The summed E-state index contributed by atoms with van der Waals surface area (Å²) in [5.74, 6) is -0.334. The Morgan fingerprint density at radius 1 is 0.976 bits per heavy atom. The van der Waals surface area contributed by atoms with Crippen LogP contribution in [0.1, 0.15) is 33.5 Å². The number of aliphatic imine (C=N–C) groups is 1. The molecule has 1 amide bonds. The molecule has 0 atom stereocenters. The number of rotatable bonds is 7. The number of anilines is 1. The average molecular weight is 552 g/mol. The Hall–Kier alpha value is -4.47. The molecule has 1 aromatic heterocycles. The third kappa shape index (κ3) is 5.46. The molecule has 1 fully saturated rings. The number of esters is 1. The number of aromatic amines is 1. The first kappa shape index (κ1) is 26.7. The minimum atomic E-state index is -0.450. The van der Waals surface area contributed by atoms with E-state index >= 15 is 0 Å². The molecule has 4 aromatic rings. The smallest absolute Gasteiger partial charge is 0.337 e. The van der Waals surface area contributed by atoms with Crippen LogP contribution in [0.3, 0.4) is 0 Å². The predicted molar refractivity (Wildman–Crippen MR) is 159 cm³/mol. The summed E-state index contributed by atoms with van der Waals surface area (Å²) in [5.41, 5.74) is 5.74. The standard InChI is InChI=1S/C32H33N5O4/c1-41-32(40)23-7-9-25-26(20-23)35-31(39)29(25)30(21-5-3-2-4-6-21)34-24-8-10-27-22(19-24)11-16-37(27)28(38)12-15-36-17-13-33-14-18-36/h2-10,19-20,33,35,39H,11-18H2,1H3. The fraction of sp³-hybridized carbons (Fsp3) is 0.281. The molecule has 0 spiro atoms. The molecule has 0 radical (unpaired) electrons. The fourth-order valence-corrected chi connectivity index (χ4v) is 5.70. The Morgan fingerprint density at radius 3 is 2.56 bits per heavy atom. The van der Waals surface area contributed by atoms with E-state index in [0.29, 0.717) is 35.3 Å². The molecule has 9 heteroatoms. The average Bonchev–Trinajstić information content (AvgIpc) is 3.58. The molecule has 0 saturated carbocycles. The number of piperazine rings is 1. The lowest BCUT2D eigenvalue weighted by molar-refractivity contribution is -0.118. The Bertz CT molecular complexity index is 1620. The lowest BCUT2D eigenvalue weighted by Crippen LogP contribution is -2.44. The highest BCUT2D eigenvalue weighted by Crippen LogP contribution is 2.35. The van der Waals surface area contributed by atoms with Crippen molar-refractivity contribution in [3.8, 4) is 5.88 Å². The zero-order chi connectivity index (χ0) is 28.3. The molecule has 1 saturated heterocycles. The third-order valence-corrected chi connectivity index (χ3v) is 7.84. The monoisotopic (exact) mass is 551 g/mol. The number of hydrogen-bond acceptors (Lipinski definition) is 7. The van der Waals surface area contributed by atoms with E-state index in [9.17, 15) is 14.7 Å². The Morgan fingerprint density at radius 2 is 1.78 bits per heavy atom. The van der Waals surface area contributed by atoms with Crippen molar-refractivity contribution in [1.29, 1.82) is 0 Å². The Labute approximate surface area is 238 Å². The number of nitrogens with zero attached hydrogens (tertiary/aromatic N) is 3. The van der Waals surface area contributed by atoms with Gasteiger partial charge in [-0.25, -0.2) is 9.79 Å². The van der Waals surface area contributed by atoms with Gasteiger partial charge >= 0.3 is 5.97 Å². The first-order chi connectivity index (χ1) is 20.0. The van der Waals surface area contributed by atoms with Crippen LogP contribution >= 0.6 is 0 Å². The normalized spacial score (nSPS) is 15.7. The first-order valence-corrected chi connectivity index (χ1v) is 14.0. The van der Waals surface area contributed by atoms with E-state index in [1.807, 2.05) is 53.4 Å². The zero-order valence-corrected chi connectivity index (χ0v) is 23.0. The maximum absolute atomic E-state index is 13.1. The van der Waals surface area contributed by atoms with E-state index in [-0.39, 0.29) is 11.8 Å². The molecule has 0 aliphatic carbocycles. The molecular formula is C32H33N5O4. The maximum atomic E-state index is 13.1. The Kier molecular flexibility index (Phi) is 7.54. The van der Waals surface area contributed by atoms with E-state index in [4.69, 9.17) is 9.73 Å². The number of hydrogen-bond donors (Lipinski definition) is 3. The number of carbonyl (C=O) groups excluding carboxylic acids is 2. The molecule has 6 rings (SSSR count). The van der Waals surface area contributed by atoms with E-state index in [1.165, 1.54) is 7.11 Å². The summed E-state index contributed by atoms with van der Waals surface area (Å²) in [7, 11) is 1.34. The van der Waals surface area contributed by atoms with Crippen LogP contribution in [0.25, 0.3) is 10.9 Å². The van der Waals surface area contributed by atoms with Crippen LogP contribution in [0.4, 0.5) is 11.4 Å². The number of aromatic nitrogens is 1. The quantitative estimate of drug-likeness (QED) is 0.237. The summed E-state index contributed by atoms with van der Waals surface area (Å²) in [5, 5.41) is 15.1. The number of carbonyl (C=O) groups is 2. The molecule has 3 N–H and O–H groups in total. The summed E-state index contributed by atoms with van der Waals surface area (Å²) >= 11 is 0. The van der Waals surface area contributed by atoms with Gasteiger partial charge in [-0.2, -0.15) is 0 Å². The van der Waals surface area contributed by atoms with Crippen LogP contribution in [-0.4, -0.2) is 79.0 Å². The van der Waals surface area contributed by atoms with Crippen molar-refractivity contribution < 1.29 is 19.4 Å². The van der Waals surface area contributed by atoms with Gasteiger partial charge < -0.3 is 29.9 Å². The number of fused-ring (bicyclic) bond motifs is 2. The molecule has 3 heterocycles. The van der Waals surface area contributed by atoms with Crippen molar-refractivity contribution in [1.82, 2.24) is 15.2 Å². The van der Waals surface area contributed by atoms with E-state index < -0.39 is 5.97 Å². The van der Waals surface area contributed by atoms with Gasteiger partial charge in [-0.05, 0) is 42.3 Å². The van der Waals surface area contributed by atoms with Gasteiger partial charge in [0.05, 0.1) is 29.6 Å². The molecule has 210 valence electrons. The van der Waals surface area contributed by atoms with Crippen molar-refractivity contribution in [3.63, 3.8) is 0 Å². The van der Waals surface area contributed by atoms with Crippen LogP contribution in [-0.2, 0) is 16.0 Å². The van der Waals surface area contributed by atoms with Crippen LogP contribution in [0.2, 0.25) is 0 Å². The summed E-state index contributed by atoms with van der Waals surface area (Å²) in [6, 6.07) is 20.8. The zero-order valence-electron chi connectivity index (χ0n) is 23.0.